The minimum atomic E-state index is -3.71. The summed E-state index contributed by atoms with van der Waals surface area (Å²) in [6.45, 7) is 10.9. The highest BCUT2D eigenvalue weighted by Crippen LogP contribution is 2.23. The lowest BCUT2D eigenvalue weighted by atomic mass is 10.0. The molecule has 1 aromatic carbocycles. The minimum absolute atomic E-state index is 0.00981. The first-order valence-electron chi connectivity index (χ1n) is 8.78. The van der Waals surface area contributed by atoms with Crippen molar-refractivity contribution in [2.75, 3.05) is 0 Å². The molecule has 148 valence electrons. The number of aryl methyl sites for hydroxylation is 1. The van der Waals surface area contributed by atoms with Gasteiger partial charge in [0.1, 0.15) is 5.56 Å². The summed E-state index contributed by atoms with van der Waals surface area (Å²) in [6, 6.07) is 6.60. The van der Waals surface area contributed by atoms with E-state index in [-0.39, 0.29) is 23.3 Å². The Bertz CT molecular complexity index is 925. The molecule has 0 atom stereocenters. The average Bonchev–Trinajstić information content (AvgIpc) is 2.92. The lowest BCUT2D eigenvalue weighted by Crippen LogP contribution is -2.41. The van der Waals surface area contributed by atoms with Crippen LogP contribution in [-0.4, -0.2) is 25.0 Å². The van der Waals surface area contributed by atoms with Crippen LogP contribution < -0.4 is 10.0 Å². The van der Waals surface area contributed by atoms with Crippen molar-refractivity contribution < 1.29 is 17.7 Å². The molecule has 0 unspecified atom stereocenters. The van der Waals surface area contributed by atoms with Gasteiger partial charge in [-0.15, -0.1) is 0 Å². The monoisotopic (exact) mass is 393 g/mol. The van der Waals surface area contributed by atoms with Gasteiger partial charge >= 0.3 is 0 Å². The zero-order valence-corrected chi connectivity index (χ0v) is 17.4. The highest BCUT2D eigenvalue weighted by molar-refractivity contribution is 7.89. The van der Waals surface area contributed by atoms with Crippen molar-refractivity contribution in [1.82, 2.24) is 15.2 Å². The van der Waals surface area contributed by atoms with Crippen LogP contribution in [-0.2, 0) is 16.6 Å². The second-order valence-corrected chi connectivity index (χ2v) is 9.46. The smallest absolute Gasteiger partial charge is 0.257 e. The van der Waals surface area contributed by atoms with Crippen LogP contribution in [0.4, 0.5) is 0 Å². The van der Waals surface area contributed by atoms with Gasteiger partial charge < -0.3 is 9.84 Å². The Morgan fingerprint density at radius 2 is 1.85 bits per heavy atom. The van der Waals surface area contributed by atoms with Crippen molar-refractivity contribution in [3.8, 4) is 0 Å². The average molecular weight is 394 g/mol. The number of hydrogen-bond donors (Lipinski definition) is 2. The Morgan fingerprint density at radius 3 is 2.44 bits per heavy atom. The van der Waals surface area contributed by atoms with Crippen LogP contribution >= 0.6 is 0 Å². The fourth-order valence-corrected chi connectivity index (χ4v) is 4.35. The highest BCUT2D eigenvalue weighted by Gasteiger charge is 2.26. The molecule has 2 aromatic rings. The van der Waals surface area contributed by atoms with Gasteiger partial charge in [0.05, 0.1) is 10.6 Å². The maximum absolute atomic E-state index is 12.7. The number of nitrogens with one attached hydrogen (secondary N) is 2. The molecule has 0 saturated carbocycles. The normalized spacial score (nSPS) is 12.4. The number of aromatic nitrogens is 1. The summed E-state index contributed by atoms with van der Waals surface area (Å²) in [5.74, 6) is 0.185. The SMILES string of the molecule is Cc1noc(C(C)C)c1C(=O)NCc1ccccc1S(=O)(=O)NC(C)(C)C. The van der Waals surface area contributed by atoms with Crippen LogP contribution in [0.15, 0.2) is 33.7 Å². The molecule has 1 heterocycles. The topological polar surface area (TPSA) is 101 Å². The number of carbonyl (C=O) groups is 1. The number of carbonyl (C=O) groups excluding carboxylic acids is 1. The highest BCUT2D eigenvalue weighted by atomic mass is 32.2. The van der Waals surface area contributed by atoms with Crippen molar-refractivity contribution in [1.29, 1.82) is 0 Å². The van der Waals surface area contributed by atoms with Crippen molar-refractivity contribution in [2.24, 2.45) is 0 Å². The fraction of sp³-hybridized carbons (Fsp3) is 0.474. The molecule has 0 aliphatic rings. The second kappa shape index (κ2) is 7.82. The Hall–Kier alpha value is -2.19. The van der Waals surface area contributed by atoms with Gasteiger partial charge in [0.2, 0.25) is 10.0 Å². The number of sulfonamides is 1. The van der Waals surface area contributed by atoms with Crippen LogP contribution in [0, 0.1) is 6.92 Å². The molecule has 1 amide bonds. The predicted octanol–water partition coefficient (Wildman–Crippen LogP) is 3.11. The molecule has 0 fully saturated rings. The van der Waals surface area contributed by atoms with E-state index in [0.717, 1.165) is 0 Å². The van der Waals surface area contributed by atoms with E-state index < -0.39 is 15.6 Å². The van der Waals surface area contributed by atoms with Gasteiger partial charge in [0.15, 0.2) is 5.76 Å². The zero-order chi connectivity index (χ0) is 20.4. The molecule has 27 heavy (non-hydrogen) atoms. The lowest BCUT2D eigenvalue weighted by Gasteiger charge is -2.21. The molecule has 0 bridgehead atoms. The maximum Gasteiger partial charge on any atom is 0.257 e. The molecule has 0 saturated heterocycles. The Balaban J connectivity index is 2.25. The predicted molar refractivity (Wildman–Crippen MR) is 103 cm³/mol. The largest absolute Gasteiger partial charge is 0.360 e. The quantitative estimate of drug-likeness (QED) is 0.785. The molecule has 0 aliphatic carbocycles. The van der Waals surface area contributed by atoms with Gasteiger partial charge in [-0.25, -0.2) is 13.1 Å². The van der Waals surface area contributed by atoms with Crippen LogP contribution in [0.5, 0.6) is 0 Å². The number of hydrogen-bond acceptors (Lipinski definition) is 5. The third-order valence-corrected chi connectivity index (χ3v) is 5.64. The van der Waals surface area contributed by atoms with E-state index in [1.807, 2.05) is 13.8 Å². The first kappa shape index (κ1) is 21.1. The summed E-state index contributed by atoms with van der Waals surface area (Å²) in [4.78, 5) is 12.8. The van der Waals surface area contributed by atoms with Crippen LogP contribution in [0.3, 0.4) is 0 Å². The van der Waals surface area contributed by atoms with Crippen molar-refractivity contribution in [3.05, 3.63) is 46.8 Å². The van der Waals surface area contributed by atoms with Gasteiger partial charge in [-0.3, -0.25) is 4.79 Å². The van der Waals surface area contributed by atoms with E-state index in [1.54, 1.807) is 45.9 Å². The van der Waals surface area contributed by atoms with Gasteiger partial charge in [-0.05, 0) is 39.3 Å². The van der Waals surface area contributed by atoms with E-state index in [4.69, 9.17) is 4.52 Å². The van der Waals surface area contributed by atoms with Gasteiger partial charge in [0, 0.05) is 18.0 Å². The third kappa shape index (κ3) is 5.17. The van der Waals surface area contributed by atoms with Gasteiger partial charge in [-0.1, -0.05) is 37.2 Å². The standard InChI is InChI=1S/C19H27N3O4S/c1-12(2)17-16(13(3)21-26-17)18(23)20-11-14-9-7-8-10-15(14)27(24,25)22-19(4,5)6/h7-10,12,22H,11H2,1-6H3,(H,20,23). The summed E-state index contributed by atoms with van der Waals surface area (Å²) >= 11 is 0. The molecule has 8 heteroatoms. The minimum Gasteiger partial charge on any atom is -0.360 e. The third-order valence-electron chi connectivity index (χ3n) is 3.78. The first-order chi connectivity index (χ1) is 12.4. The van der Waals surface area contributed by atoms with Crippen molar-refractivity contribution >= 4 is 15.9 Å². The van der Waals surface area contributed by atoms with Gasteiger partial charge in [0.25, 0.3) is 5.91 Å². The molecular weight excluding hydrogens is 366 g/mol. The number of rotatable bonds is 6. The summed E-state index contributed by atoms with van der Waals surface area (Å²) < 4.78 is 33.3. The molecule has 7 nitrogen and oxygen atoms in total. The maximum atomic E-state index is 12.7. The van der Waals surface area contributed by atoms with E-state index in [1.165, 1.54) is 6.07 Å². The van der Waals surface area contributed by atoms with Crippen molar-refractivity contribution in [3.63, 3.8) is 0 Å². The summed E-state index contributed by atoms with van der Waals surface area (Å²) in [5, 5.41) is 6.65. The van der Waals surface area contributed by atoms with Gasteiger partial charge in [-0.2, -0.15) is 0 Å². The fourth-order valence-electron chi connectivity index (χ4n) is 2.69. The first-order valence-corrected chi connectivity index (χ1v) is 10.3. The molecule has 2 N–H and O–H groups in total. The molecule has 1 aromatic heterocycles. The summed E-state index contributed by atoms with van der Waals surface area (Å²) in [7, 11) is -3.71. The lowest BCUT2D eigenvalue weighted by molar-refractivity contribution is 0.0947. The molecule has 0 spiro atoms. The molecule has 0 aliphatic heterocycles. The number of nitrogens with zero attached hydrogens (tertiary/aromatic N) is 1. The van der Waals surface area contributed by atoms with Crippen LogP contribution in [0.1, 0.15) is 67.9 Å². The van der Waals surface area contributed by atoms with Crippen LogP contribution in [0.2, 0.25) is 0 Å². The molecule has 2 rings (SSSR count). The molecule has 0 radical (unpaired) electrons. The Kier molecular flexibility index (Phi) is 6.11. The van der Waals surface area contributed by atoms with E-state index in [2.05, 4.69) is 15.2 Å². The summed E-state index contributed by atoms with van der Waals surface area (Å²) in [6.07, 6.45) is 0. The molecular formula is C19H27N3O4S. The van der Waals surface area contributed by atoms with Crippen molar-refractivity contribution in [2.45, 2.75) is 64.4 Å². The Labute approximate surface area is 160 Å². The number of benzene rings is 1. The Morgan fingerprint density at radius 1 is 1.22 bits per heavy atom. The summed E-state index contributed by atoms with van der Waals surface area (Å²) in [5.41, 5.74) is 0.800. The van der Waals surface area contributed by atoms with Crippen LogP contribution in [0.25, 0.3) is 0 Å². The number of amides is 1. The zero-order valence-electron chi connectivity index (χ0n) is 16.6. The second-order valence-electron chi connectivity index (χ2n) is 7.81. The van der Waals surface area contributed by atoms with E-state index >= 15 is 0 Å². The van der Waals surface area contributed by atoms with E-state index in [0.29, 0.717) is 22.6 Å². The van der Waals surface area contributed by atoms with E-state index in [9.17, 15) is 13.2 Å².